The molecule has 144 valence electrons. The van der Waals surface area contributed by atoms with Crippen molar-refractivity contribution in [3.63, 3.8) is 0 Å². The minimum atomic E-state index is -0.680. The quantitative estimate of drug-likeness (QED) is 0.823. The maximum absolute atomic E-state index is 13.2. The van der Waals surface area contributed by atoms with Crippen LogP contribution in [0.5, 0.6) is 5.75 Å². The lowest BCUT2D eigenvalue weighted by atomic mass is 9.52. The highest BCUT2D eigenvalue weighted by Crippen LogP contribution is 2.59. The molecule has 2 bridgehead atoms. The molecule has 0 aromatic heterocycles. The predicted molar refractivity (Wildman–Crippen MR) is 98.2 cm³/mol. The number of benzene rings is 1. The molecule has 1 aromatic rings. The van der Waals surface area contributed by atoms with E-state index in [1.54, 1.807) is 6.07 Å². The summed E-state index contributed by atoms with van der Waals surface area (Å²) in [5.74, 6) is 1.00. The zero-order valence-corrected chi connectivity index (χ0v) is 15.7. The first-order chi connectivity index (χ1) is 13.0. The number of hydrogen-bond donors (Lipinski definition) is 1. The largest absolute Gasteiger partial charge is 0.467 e. The van der Waals surface area contributed by atoms with Gasteiger partial charge >= 0.3 is 0 Å². The van der Waals surface area contributed by atoms with Gasteiger partial charge in [-0.05, 0) is 36.8 Å². The van der Waals surface area contributed by atoms with Crippen molar-refractivity contribution in [1.82, 2.24) is 10.2 Å². The highest BCUT2D eigenvalue weighted by molar-refractivity contribution is 5.98. The molecule has 0 unspecified atom stereocenters. The van der Waals surface area contributed by atoms with Gasteiger partial charge in [0.25, 0.3) is 5.91 Å². The lowest BCUT2D eigenvalue weighted by molar-refractivity contribution is -0.176. The average Bonchev–Trinajstić information content (AvgIpc) is 2.68. The highest BCUT2D eigenvalue weighted by atomic mass is 16.5. The number of hydrogen-bond acceptors (Lipinski definition) is 4. The molecular weight excluding hydrogens is 344 g/mol. The molecule has 2 aliphatic heterocycles. The molecule has 1 saturated heterocycles. The summed E-state index contributed by atoms with van der Waals surface area (Å²) in [6, 6.07) is 7.42. The summed E-state index contributed by atoms with van der Waals surface area (Å²) < 4.78 is 11.8. The number of nitrogens with one attached hydrogen (secondary N) is 1. The maximum Gasteiger partial charge on any atom is 0.258 e. The van der Waals surface area contributed by atoms with E-state index in [2.05, 4.69) is 12.2 Å². The van der Waals surface area contributed by atoms with Gasteiger partial charge in [0.1, 0.15) is 5.75 Å². The van der Waals surface area contributed by atoms with E-state index in [1.807, 2.05) is 23.1 Å². The van der Waals surface area contributed by atoms with Crippen molar-refractivity contribution in [3.8, 4) is 5.75 Å². The molecule has 4 fully saturated rings. The van der Waals surface area contributed by atoms with Gasteiger partial charge in [-0.15, -0.1) is 0 Å². The summed E-state index contributed by atoms with van der Waals surface area (Å²) >= 11 is 0. The second kappa shape index (κ2) is 5.96. The van der Waals surface area contributed by atoms with E-state index in [-0.39, 0.29) is 29.1 Å². The van der Waals surface area contributed by atoms with Crippen LogP contribution in [0.25, 0.3) is 0 Å². The Labute approximate surface area is 159 Å². The van der Waals surface area contributed by atoms with Gasteiger partial charge in [-0.2, -0.15) is 0 Å². The Morgan fingerprint density at radius 1 is 1.26 bits per heavy atom. The number of nitrogens with zero attached hydrogens (tertiary/aromatic N) is 1. The number of fused-ring (bicyclic) bond motifs is 3. The fourth-order valence-electron chi connectivity index (χ4n) is 5.64. The average molecular weight is 370 g/mol. The molecule has 1 aromatic carbocycles. The SMILES string of the molecule is C[C@@]12CC[C@@H](C[C@H]1C(=O)N1CCOCC1)[C@]1(C2)NC(=O)c2ccccc2O1. The molecule has 6 nitrogen and oxygen atoms in total. The summed E-state index contributed by atoms with van der Waals surface area (Å²) in [5, 5.41) is 3.18. The van der Waals surface area contributed by atoms with Crippen LogP contribution in [-0.4, -0.2) is 48.7 Å². The van der Waals surface area contributed by atoms with Gasteiger partial charge in [0.15, 0.2) is 5.72 Å². The number of para-hydroxylation sites is 1. The van der Waals surface area contributed by atoms with E-state index in [1.165, 1.54) is 0 Å². The van der Waals surface area contributed by atoms with Crippen LogP contribution >= 0.6 is 0 Å². The molecule has 0 radical (unpaired) electrons. The molecule has 6 heteroatoms. The van der Waals surface area contributed by atoms with Gasteiger partial charge < -0.3 is 19.7 Å². The van der Waals surface area contributed by atoms with Crippen LogP contribution in [0.2, 0.25) is 0 Å². The summed E-state index contributed by atoms with van der Waals surface area (Å²) in [7, 11) is 0. The Bertz CT molecular complexity index is 790. The number of amides is 2. The molecule has 4 atom stereocenters. The third-order valence-corrected chi connectivity index (χ3v) is 7.12. The Morgan fingerprint density at radius 3 is 2.81 bits per heavy atom. The molecule has 3 saturated carbocycles. The van der Waals surface area contributed by atoms with Gasteiger partial charge in [-0.1, -0.05) is 19.1 Å². The van der Waals surface area contributed by atoms with Gasteiger partial charge in [0.05, 0.1) is 18.8 Å². The van der Waals surface area contributed by atoms with E-state index < -0.39 is 5.72 Å². The van der Waals surface area contributed by atoms with Crippen molar-refractivity contribution >= 4 is 11.8 Å². The summed E-state index contributed by atoms with van der Waals surface area (Å²) in [6.07, 6.45) is 3.44. The zero-order valence-electron chi connectivity index (χ0n) is 15.7. The molecule has 2 amide bonds. The Kier molecular flexibility index (Phi) is 3.76. The highest BCUT2D eigenvalue weighted by Gasteiger charge is 2.62. The van der Waals surface area contributed by atoms with Crippen molar-refractivity contribution in [2.24, 2.45) is 17.3 Å². The minimum absolute atomic E-state index is 0.00218. The van der Waals surface area contributed by atoms with Crippen LogP contribution in [0, 0.1) is 17.3 Å². The number of morpholine rings is 1. The van der Waals surface area contributed by atoms with E-state index >= 15 is 0 Å². The monoisotopic (exact) mass is 370 g/mol. The summed E-state index contributed by atoms with van der Waals surface area (Å²) in [6.45, 7) is 4.81. The molecule has 2 heterocycles. The fraction of sp³-hybridized carbons (Fsp3) is 0.619. The van der Waals surface area contributed by atoms with Crippen molar-refractivity contribution in [1.29, 1.82) is 0 Å². The second-order valence-corrected chi connectivity index (χ2v) is 8.73. The van der Waals surface area contributed by atoms with E-state index in [4.69, 9.17) is 9.47 Å². The van der Waals surface area contributed by atoms with Crippen LogP contribution < -0.4 is 10.1 Å². The molecule has 3 aliphatic carbocycles. The first-order valence-corrected chi connectivity index (χ1v) is 9.98. The van der Waals surface area contributed by atoms with Gasteiger partial charge in [0.2, 0.25) is 5.91 Å². The molecule has 6 rings (SSSR count). The predicted octanol–water partition coefficient (Wildman–Crippen LogP) is 2.19. The van der Waals surface area contributed by atoms with Crippen molar-refractivity contribution in [2.45, 2.75) is 38.3 Å². The van der Waals surface area contributed by atoms with Crippen LogP contribution in [-0.2, 0) is 9.53 Å². The third-order valence-electron chi connectivity index (χ3n) is 7.12. The number of ether oxygens (including phenoxy) is 2. The van der Waals surface area contributed by atoms with Crippen molar-refractivity contribution < 1.29 is 19.1 Å². The fourth-order valence-corrected chi connectivity index (χ4v) is 5.64. The van der Waals surface area contributed by atoms with E-state index in [0.717, 1.165) is 19.3 Å². The number of rotatable bonds is 1. The Morgan fingerprint density at radius 2 is 2.04 bits per heavy atom. The number of carbonyl (C=O) groups is 2. The summed E-state index contributed by atoms with van der Waals surface area (Å²) in [4.78, 5) is 27.9. The standard InChI is InChI=1S/C21H26N2O4/c1-20-7-6-14(12-16(20)19(25)23-8-10-26-11-9-23)21(13-20)22-18(24)15-4-2-3-5-17(15)27-21/h2-5,14,16H,6-13H2,1H3,(H,22,24)/t14-,16-,20-,21+/m0/s1. The van der Waals surface area contributed by atoms with Gasteiger partial charge in [0, 0.05) is 31.3 Å². The first kappa shape index (κ1) is 17.0. The van der Waals surface area contributed by atoms with Crippen LogP contribution in [0.3, 0.4) is 0 Å². The maximum atomic E-state index is 13.2. The van der Waals surface area contributed by atoms with Crippen molar-refractivity contribution in [3.05, 3.63) is 29.8 Å². The summed E-state index contributed by atoms with van der Waals surface area (Å²) in [5.41, 5.74) is -0.250. The Balaban J connectivity index is 1.43. The lowest BCUT2D eigenvalue weighted by Crippen LogP contribution is -2.69. The Hall–Kier alpha value is -2.08. The molecule has 27 heavy (non-hydrogen) atoms. The van der Waals surface area contributed by atoms with Crippen LogP contribution in [0.1, 0.15) is 43.0 Å². The first-order valence-electron chi connectivity index (χ1n) is 9.98. The third kappa shape index (κ3) is 2.57. The van der Waals surface area contributed by atoms with Crippen molar-refractivity contribution in [2.75, 3.05) is 26.3 Å². The van der Waals surface area contributed by atoms with E-state index in [0.29, 0.717) is 44.0 Å². The van der Waals surface area contributed by atoms with Crippen LogP contribution in [0.15, 0.2) is 24.3 Å². The smallest absolute Gasteiger partial charge is 0.258 e. The normalized spacial score (nSPS) is 37.5. The second-order valence-electron chi connectivity index (χ2n) is 8.73. The minimum Gasteiger partial charge on any atom is -0.467 e. The van der Waals surface area contributed by atoms with Gasteiger partial charge in [-0.25, -0.2) is 0 Å². The van der Waals surface area contributed by atoms with Crippen LogP contribution in [0.4, 0.5) is 0 Å². The number of carbonyl (C=O) groups excluding carboxylic acids is 2. The topological polar surface area (TPSA) is 67.9 Å². The molecule has 1 spiro atoms. The molecule has 1 N–H and O–H groups in total. The zero-order chi connectivity index (χ0) is 18.6. The van der Waals surface area contributed by atoms with E-state index in [9.17, 15) is 9.59 Å². The molecular formula is C21H26N2O4. The molecule has 5 aliphatic rings. The van der Waals surface area contributed by atoms with Gasteiger partial charge in [-0.3, -0.25) is 9.59 Å². The lowest BCUT2D eigenvalue weighted by Gasteiger charge is -2.60.